The van der Waals surface area contributed by atoms with Crippen LogP contribution in [0.1, 0.15) is 29.1 Å². The first-order valence-electron chi connectivity index (χ1n) is 13.1. The van der Waals surface area contributed by atoms with Crippen molar-refractivity contribution in [1.29, 1.82) is 0 Å². The molecule has 1 aromatic heterocycles. The number of halogens is 1. The summed E-state index contributed by atoms with van der Waals surface area (Å²) in [5, 5.41) is 5.91. The third-order valence-electron chi connectivity index (χ3n) is 6.31. The molecule has 1 fully saturated rings. The molecule has 2 atom stereocenters. The minimum absolute atomic E-state index is 0.103. The molecule has 1 saturated heterocycles. The van der Waals surface area contributed by atoms with E-state index >= 15 is 0 Å². The highest BCUT2D eigenvalue weighted by Crippen LogP contribution is 2.41. The second kappa shape index (κ2) is 13.4. The molecule has 214 valence electrons. The zero-order valence-corrected chi connectivity index (χ0v) is 24.1. The summed E-state index contributed by atoms with van der Waals surface area (Å²) in [6, 6.07) is 26.1. The van der Waals surface area contributed by atoms with E-state index in [1.807, 2.05) is 36.4 Å². The minimum Gasteiger partial charge on any atom is -0.467 e. The molecular weight excluding hydrogens is 576 g/mol. The van der Waals surface area contributed by atoms with Crippen molar-refractivity contribution >= 4 is 57.8 Å². The third kappa shape index (κ3) is 7.39. The molecule has 2 heterocycles. The van der Waals surface area contributed by atoms with E-state index in [1.165, 1.54) is 11.8 Å². The zero-order chi connectivity index (χ0) is 29.5. The van der Waals surface area contributed by atoms with Crippen LogP contribution in [0.4, 0.5) is 16.2 Å². The molecule has 4 aromatic rings. The van der Waals surface area contributed by atoms with Crippen molar-refractivity contribution in [2.24, 2.45) is 4.99 Å². The molecule has 3 amide bonds. The first kappa shape index (κ1) is 29.0. The number of aliphatic imine (C=N–C) groups is 1. The van der Waals surface area contributed by atoms with Gasteiger partial charge in [0.2, 0.25) is 11.8 Å². The Morgan fingerprint density at radius 1 is 1.02 bits per heavy atom. The van der Waals surface area contributed by atoms with E-state index in [0.29, 0.717) is 27.3 Å². The molecule has 0 spiro atoms. The monoisotopic (exact) mass is 602 g/mol. The van der Waals surface area contributed by atoms with E-state index < -0.39 is 23.3 Å². The van der Waals surface area contributed by atoms with Crippen LogP contribution in [-0.2, 0) is 27.5 Å². The molecule has 0 saturated carbocycles. The predicted octanol–water partition coefficient (Wildman–Crippen LogP) is 6.69. The lowest BCUT2D eigenvalue weighted by molar-refractivity contribution is -0.126. The Hall–Kier alpha value is -4.54. The van der Waals surface area contributed by atoms with Crippen molar-refractivity contribution in [3.05, 3.63) is 119 Å². The van der Waals surface area contributed by atoms with Gasteiger partial charge in [0.15, 0.2) is 5.17 Å². The number of benzene rings is 3. The van der Waals surface area contributed by atoms with Crippen LogP contribution >= 0.6 is 23.4 Å². The number of nitrogens with one attached hydrogen (secondary N) is 2. The zero-order valence-electron chi connectivity index (χ0n) is 22.5. The van der Waals surface area contributed by atoms with Gasteiger partial charge in [-0.1, -0.05) is 65.8 Å². The normalized spacial score (nSPS) is 16.3. The van der Waals surface area contributed by atoms with Crippen molar-refractivity contribution in [3.63, 3.8) is 0 Å². The summed E-state index contributed by atoms with van der Waals surface area (Å²) in [5.74, 6) is 0.0959. The van der Waals surface area contributed by atoms with Crippen LogP contribution in [0.2, 0.25) is 5.02 Å². The van der Waals surface area contributed by atoms with Gasteiger partial charge in [-0.25, -0.2) is 9.79 Å². The minimum atomic E-state index is -0.832. The molecule has 0 bridgehead atoms. The van der Waals surface area contributed by atoms with E-state index in [9.17, 15) is 14.4 Å². The summed E-state index contributed by atoms with van der Waals surface area (Å²) < 4.78 is 10.7. The van der Waals surface area contributed by atoms with Crippen LogP contribution < -0.4 is 10.6 Å². The highest BCUT2D eigenvalue weighted by Gasteiger charge is 2.39. The maximum Gasteiger partial charge on any atom is 0.408 e. The van der Waals surface area contributed by atoms with E-state index in [4.69, 9.17) is 25.7 Å². The molecule has 1 unspecified atom stereocenters. The SMILES string of the molecule is C[C@H](NC(=O)OCc1ccccc1)C(=O)Nc1ccc(C2SC(=Nc3ccc(Cl)cc3)N(Cc3ccco3)C2=O)cc1. The molecule has 5 rings (SSSR count). The van der Waals surface area contributed by atoms with Gasteiger partial charge in [-0.2, -0.15) is 0 Å². The highest BCUT2D eigenvalue weighted by molar-refractivity contribution is 8.15. The molecule has 0 radical (unpaired) electrons. The molecule has 1 aliphatic heterocycles. The number of hydrogen-bond donors (Lipinski definition) is 2. The fourth-order valence-electron chi connectivity index (χ4n) is 4.08. The maximum absolute atomic E-state index is 13.5. The van der Waals surface area contributed by atoms with Crippen molar-refractivity contribution in [3.8, 4) is 0 Å². The van der Waals surface area contributed by atoms with Crippen LogP contribution in [0, 0.1) is 0 Å². The molecule has 11 heteroatoms. The van der Waals surface area contributed by atoms with Crippen molar-refractivity contribution in [2.75, 3.05) is 5.32 Å². The molecule has 42 heavy (non-hydrogen) atoms. The number of amidine groups is 1. The van der Waals surface area contributed by atoms with E-state index in [1.54, 1.807) is 72.7 Å². The van der Waals surface area contributed by atoms with E-state index in [-0.39, 0.29) is 19.1 Å². The largest absolute Gasteiger partial charge is 0.467 e. The molecule has 2 N–H and O–H groups in total. The summed E-state index contributed by atoms with van der Waals surface area (Å²) in [4.78, 5) is 44.6. The van der Waals surface area contributed by atoms with Crippen molar-refractivity contribution in [1.82, 2.24) is 10.2 Å². The Labute approximate surface area is 251 Å². The van der Waals surface area contributed by atoms with Gasteiger partial charge >= 0.3 is 6.09 Å². The smallest absolute Gasteiger partial charge is 0.408 e. The topological polar surface area (TPSA) is 113 Å². The number of amides is 3. The molecule has 9 nitrogen and oxygen atoms in total. The quantitative estimate of drug-likeness (QED) is 0.221. The Morgan fingerprint density at radius 3 is 2.45 bits per heavy atom. The van der Waals surface area contributed by atoms with Crippen molar-refractivity contribution < 1.29 is 23.5 Å². The predicted molar refractivity (Wildman–Crippen MR) is 162 cm³/mol. The van der Waals surface area contributed by atoms with Crippen LogP contribution in [0.15, 0.2) is 107 Å². The number of furan rings is 1. The van der Waals surface area contributed by atoms with Gasteiger partial charge in [-0.3, -0.25) is 14.5 Å². The number of anilines is 1. The lowest BCUT2D eigenvalue weighted by Crippen LogP contribution is -2.41. The van der Waals surface area contributed by atoms with E-state index in [2.05, 4.69) is 10.6 Å². The number of hydrogen-bond acceptors (Lipinski definition) is 7. The summed E-state index contributed by atoms with van der Waals surface area (Å²) >= 11 is 7.35. The van der Waals surface area contributed by atoms with Gasteiger partial charge in [0.1, 0.15) is 23.7 Å². The van der Waals surface area contributed by atoms with Crippen molar-refractivity contribution in [2.45, 2.75) is 31.4 Å². The Morgan fingerprint density at radius 2 is 1.76 bits per heavy atom. The second-order valence-corrected chi connectivity index (χ2v) is 10.9. The van der Waals surface area contributed by atoms with Crippen LogP contribution in [0.25, 0.3) is 0 Å². The van der Waals surface area contributed by atoms with Gasteiger partial charge in [-0.05, 0) is 66.6 Å². The number of alkyl carbamates (subject to hydrolysis) is 1. The van der Waals surface area contributed by atoms with Gasteiger partial charge < -0.3 is 19.8 Å². The van der Waals surface area contributed by atoms with E-state index in [0.717, 1.165) is 11.1 Å². The molecule has 1 aliphatic rings. The third-order valence-corrected chi connectivity index (χ3v) is 7.80. The fraction of sp³-hybridized carbons (Fsp3) is 0.161. The lowest BCUT2D eigenvalue weighted by Gasteiger charge is -2.16. The maximum atomic E-state index is 13.5. The summed E-state index contributed by atoms with van der Waals surface area (Å²) in [6.45, 7) is 1.91. The molecule has 0 aliphatic carbocycles. The van der Waals surface area contributed by atoms with Gasteiger partial charge in [0.25, 0.3) is 0 Å². The average Bonchev–Trinajstić information content (AvgIpc) is 3.62. The average molecular weight is 603 g/mol. The van der Waals surface area contributed by atoms with Crippen LogP contribution in [0.3, 0.4) is 0 Å². The van der Waals surface area contributed by atoms with Crippen LogP contribution in [-0.4, -0.2) is 34.0 Å². The number of thioether (sulfide) groups is 1. The Kier molecular flexibility index (Phi) is 9.25. The summed E-state index contributed by atoms with van der Waals surface area (Å²) in [7, 11) is 0. The number of carbonyl (C=O) groups excluding carboxylic acids is 3. The summed E-state index contributed by atoms with van der Waals surface area (Å²) in [5.41, 5.74) is 2.79. The Balaban J connectivity index is 1.22. The summed E-state index contributed by atoms with van der Waals surface area (Å²) in [6.07, 6.45) is 0.872. The van der Waals surface area contributed by atoms with Gasteiger partial charge in [-0.15, -0.1) is 0 Å². The van der Waals surface area contributed by atoms with Gasteiger partial charge in [0.05, 0.1) is 18.5 Å². The Bertz CT molecular complexity index is 1560. The first-order valence-corrected chi connectivity index (χ1v) is 14.3. The number of ether oxygens (including phenoxy) is 1. The van der Waals surface area contributed by atoms with Crippen LogP contribution in [0.5, 0.6) is 0 Å². The molecular formula is C31H27ClN4O5S. The number of nitrogens with zero attached hydrogens (tertiary/aromatic N) is 2. The number of rotatable bonds is 9. The lowest BCUT2D eigenvalue weighted by atomic mass is 10.1. The van der Waals surface area contributed by atoms with Gasteiger partial charge in [0, 0.05) is 10.7 Å². The standard InChI is InChI=1S/C31H27ClN4O5S/c1-20(33-31(39)41-19-21-6-3-2-4-7-21)28(37)34-24-13-9-22(10-14-24)27-29(38)36(18-26-8-5-17-40-26)30(42-27)35-25-15-11-23(32)12-16-25/h2-17,20,27H,18-19H2,1H3,(H,33,39)(H,34,37)/t20-,27?/m0/s1. The second-order valence-electron chi connectivity index (χ2n) is 9.41. The number of carbonyl (C=O) groups is 3. The highest BCUT2D eigenvalue weighted by atomic mass is 35.5. The molecule has 3 aromatic carbocycles. The first-order chi connectivity index (χ1) is 20.4. The fourth-order valence-corrected chi connectivity index (χ4v) is 5.38.